The quantitative estimate of drug-likeness (QED) is 0.881. The minimum atomic E-state index is 0.502. The van der Waals surface area contributed by atoms with Crippen LogP contribution in [0.4, 0.5) is 0 Å². The standard InChI is InChI=1S/C15H24N2S/c1-10(2)16-9-15(5-12-4-13(12)6-15)7-14-17-11(3)8-18-14/h8,10,12-13,16H,4-7,9H2,1-3H3. The monoisotopic (exact) mass is 264 g/mol. The van der Waals surface area contributed by atoms with Gasteiger partial charge in [0.2, 0.25) is 0 Å². The molecule has 100 valence electrons. The molecule has 1 aromatic heterocycles. The Morgan fingerprint density at radius 3 is 2.72 bits per heavy atom. The fourth-order valence-electron chi connectivity index (χ4n) is 3.58. The third-order valence-corrected chi connectivity index (χ3v) is 5.50. The number of nitrogens with zero attached hydrogens (tertiary/aromatic N) is 1. The van der Waals surface area contributed by atoms with Crippen LogP contribution in [0.2, 0.25) is 0 Å². The molecular weight excluding hydrogens is 240 g/mol. The lowest BCUT2D eigenvalue weighted by Gasteiger charge is -2.31. The molecule has 2 aliphatic rings. The molecule has 3 heteroatoms. The zero-order valence-corrected chi connectivity index (χ0v) is 12.5. The Labute approximate surface area is 114 Å². The molecular formula is C15H24N2S. The van der Waals surface area contributed by atoms with Crippen molar-refractivity contribution in [1.82, 2.24) is 10.3 Å². The van der Waals surface area contributed by atoms with Gasteiger partial charge < -0.3 is 5.32 Å². The molecule has 0 saturated heterocycles. The van der Waals surface area contributed by atoms with E-state index in [1.165, 1.54) is 42.9 Å². The summed E-state index contributed by atoms with van der Waals surface area (Å²) in [5.74, 6) is 2.08. The van der Waals surface area contributed by atoms with Gasteiger partial charge in [-0.25, -0.2) is 4.98 Å². The lowest BCUT2D eigenvalue weighted by molar-refractivity contribution is 0.241. The first kappa shape index (κ1) is 12.6. The van der Waals surface area contributed by atoms with E-state index in [0.29, 0.717) is 11.5 Å². The molecule has 18 heavy (non-hydrogen) atoms. The summed E-state index contributed by atoms with van der Waals surface area (Å²) < 4.78 is 0. The van der Waals surface area contributed by atoms with Gasteiger partial charge in [-0.3, -0.25) is 0 Å². The van der Waals surface area contributed by atoms with Crippen molar-refractivity contribution >= 4 is 11.3 Å². The van der Waals surface area contributed by atoms with Crippen LogP contribution in [0, 0.1) is 24.2 Å². The normalized spacial score (nSPS) is 34.0. The highest BCUT2D eigenvalue weighted by atomic mass is 32.1. The first-order valence-corrected chi connectivity index (χ1v) is 8.09. The second-order valence-electron chi connectivity index (χ2n) is 6.76. The van der Waals surface area contributed by atoms with Gasteiger partial charge in [0.05, 0.1) is 5.01 Å². The maximum atomic E-state index is 4.68. The Balaban J connectivity index is 1.69. The molecule has 0 aromatic carbocycles. The summed E-state index contributed by atoms with van der Waals surface area (Å²) in [7, 11) is 0. The lowest BCUT2D eigenvalue weighted by atomic mass is 9.79. The van der Waals surface area contributed by atoms with Crippen LogP contribution in [0.5, 0.6) is 0 Å². The van der Waals surface area contributed by atoms with E-state index in [9.17, 15) is 0 Å². The minimum Gasteiger partial charge on any atom is -0.314 e. The van der Waals surface area contributed by atoms with Crippen LogP contribution in [0.15, 0.2) is 5.38 Å². The van der Waals surface area contributed by atoms with E-state index in [1.54, 1.807) is 0 Å². The molecule has 2 fully saturated rings. The van der Waals surface area contributed by atoms with Crippen LogP contribution in [-0.4, -0.2) is 17.6 Å². The summed E-state index contributed by atoms with van der Waals surface area (Å²) in [4.78, 5) is 4.68. The van der Waals surface area contributed by atoms with E-state index in [4.69, 9.17) is 0 Å². The summed E-state index contributed by atoms with van der Waals surface area (Å²) >= 11 is 1.85. The van der Waals surface area contributed by atoms with Crippen molar-refractivity contribution in [3.8, 4) is 0 Å². The summed E-state index contributed by atoms with van der Waals surface area (Å²) in [6.45, 7) is 7.77. The van der Waals surface area contributed by atoms with Gasteiger partial charge in [-0.15, -0.1) is 11.3 Å². The predicted molar refractivity (Wildman–Crippen MR) is 77.0 cm³/mol. The Morgan fingerprint density at radius 1 is 1.44 bits per heavy atom. The summed E-state index contributed by atoms with van der Waals surface area (Å²) in [5.41, 5.74) is 1.69. The van der Waals surface area contributed by atoms with E-state index in [1.807, 2.05) is 11.3 Å². The highest BCUT2D eigenvalue weighted by Gasteiger charge is 2.53. The maximum Gasteiger partial charge on any atom is 0.0934 e. The van der Waals surface area contributed by atoms with Gasteiger partial charge in [0.25, 0.3) is 0 Å². The fraction of sp³-hybridized carbons (Fsp3) is 0.800. The van der Waals surface area contributed by atoms with Crippen LogP contribution in [-0.2, 0) is 6.42 Å². The highest BCUT2D eigenvalue weighted by molar-refractivity contribution is 7.09. The maximum absolute atomic E-state index is 4.68. The van der Waals surface area contributed by atoms with Crippen molar-refractivity contribution in [2.75, 3.05) is 6.54 Å². The Morgan fingerprint density at radius 2 is 2.17 bits per heavy atom. The average molecular weight is 264 g/mol. The predicted octanol–water partition coefficient (Wildman–Crippen LogP) is 3.41. The molecule has 1 heterocycles. The lowest BCUT2D eigenvalue weighted by Crippen LogP contribution is -2.38. The third-order valence-electron chi connectivity index (χ3n) is 4.54. The first-order chi connectivity index (χ1) is 8.56. The van der Waals surface area contributed by atoms with Crippen LogP contribution < -0.4 is 5.32 Å². The van der Waals surface area contributed by atoms with Gasteiger partial charge in [0, 0.05) is 30.1 Å². The Bertz CT molecular complexity index is 414. The first-order valence-electron chi connectivity index (χ1n) is 7.21. The molecule has 0 bridgehead atoms. The molecule has 2 nitrogen and oxygen atoms in total. The number of hydrogen-bond donors (Lipinski definition) is 1. The molecule has 2 saturated carbocycles. The summed E-state index contributed by atoms with van der Waals surface area (Å²) in [6, 6.07) is 0.594. The number of aryl methyl sites for hydroxylation is 1. The average Bonchev–Trinajstić information content (AvgIpc) is 2.72. The number of fused-ring (bicyclic) bond motifs is 1. The summed E-state index contributed by atoms with van der Waals surface area (Å²) in [6.07, 6.45) is 5.55. The molecule has 0 aliphatic heterocycles. The van der Waals surface area contributed by atoms with Gasteiger partial charge in [-0.2, -0.15) is 0 Å². The third kappa shape index (κ3) is 2.62. The second kappa shape index (κ2) is 4.61. The van der Waals surface area contributed by atoms with Crippen LogP contribution in [0.3, 0.4) is 0 Å². The minimum absolute atomic E-state index is 0.502. The zero-order chi connectivity index (χ0) is 12.8. The van der Waals surface area contributed by atoms with Crippen molar-refractivity contribution in [3.05, 3.63) is 16.1 Å². The van der Waals surface area contributed by atoms with Gasteiger partial charge in [0.15, 0.2) is 0 Å². The zero-order valence-electron chi connectivity index (χ0n) is 11.7. The number of aromatic nitrogens is 1. The molecule has 0 radical (unpaired) electrons. The molecule has 1 N–H and O–H groups in total. The molecule has 1 aromatic rings. The molecule has 2 atom stereocenters. The number of nitrogens with one attached hydrogen (secondary N) is 1. The second-order valence-corrected chi connectivity index (χ2v) is 7.70. The van der Waals surface area contributed by atoms with Crippen molar-refractivity contribution in [3.63, 3.8) is 0 Å². The highest BCUT2D eigenvalue weighted by Crippen LogP contribution is 2.60. The van der Waals surface area contributed by atoms with Crippen molar-refractivity contribution in [2.24, 2.45) is 17.3 Å². The van der Waals surface area contributed by atoms with Crippen LogP contribution >= 0.6 is 11.3 Å². The van der Waals surface area contributed by atoms with Gasteiger partial charge in [-0.1, -0.05) is 13.8 Å². The van der Waals surface area contributed by atoms with E-state index in [0.717, 1.165) is 11.8 Å². The Kier molecular flexibility index (Phi) is 3.23. The van der Waals surface area contributed by atoms with Gasteiger partial charge >= 0.3 is 0 Å². The van der Waals surface area contributed by atoms with E-state index < -0.39 is 0 Å². The molecule has 2 unspecified atom stereocenters. The fourth-order valence-corrected chi connectivity index (χ4v) is 4.53. The van der Waals surface area contributed by atoms with E-state index in [-0.39, 0.29) is 0 Å². The van der Waals surface area contributed by atoms with Crippen LogP contribution in [0.1, 0.15) is 43.8 Å². The largest absolute Gasteiger partial charge is 0.314 e. The van der Waals surface area contributed by atoms with Crippen LogP contribution in [0.25, 0.3) is 0 Å². The summed E-state index contributed by atoms with van der Waals surface area (Å²) in [5, 5.41) is 7.21. The number of hydrogen-bond acceptors (Lipinski definition) is 3. The van der Waals surface area contributed by atoms with Crippen molar-refractivity contribution < 1.29 is 0 Å². The van der Waals surface area contributed by atoms with Gasteiger partial charge in [-0.05, 0) is 43.4 Å². The van der Waals surface area contributed by atoms with Gasteiger partial charge in [0.1, 0.15) is 0 Å². The number of thiazole rings is 1. The van der Waals surface area contributed by atoms with Crippen molar-refractivity contribution in [2.45, 2.75) is 52.5 Å². The SMILES string of the molecule is Cc1csc(CC2(CNC(C)C)CC3CC3C2)n1. The topological polar surface area (TPSA) is 24.9 Å². The number of rotatable bonds is 5. The Hall–Kier alpha value is -0.410. The molecule has 3 rings (SSSR count). The molecule has 0 spiro atoms. The molecule has 0 amide bonds. The smallest absolute Gasteiger partial charge is 0.0934 e. The van der Waals surface area contributed by atoms with E-state index >= 15 is 0 Å². The van der Waals surface area contributed by atoms with E-state index in [2.05, 4.69) is 36.5 Å². The molecule has 2 aliphatic carbocycles. The van der Waals surface area contributed by atoms with Crippen molar-refractivity contribution in [1.29, 1.82) is 0 Å².